The third-order valence-corrected chi connectivity index (χ3v) is 3.95. The van der Waals surface area contributed by atoms with E-state index in [9.17, 15) is 4.39 Å². The van der Waals surface area contributed by atoms with E-state index in [-0.39, 0.29) is 11.7 Å². The SMILES string of the molecule is Cc1cccc(F)c1-n1c(CCl)nc2cc(Br)ccc21. The number of benzene rings is 2. The summed E-state index contributed by atoms with van der Waals surface area (Å²) in [5.41, 5.74) is 2.99. The summed E-state index contributed by atoms with van der Waals surface area (Å²) < 4.78 is 17.0. The lowest BCUT2D eigenvalue weighted by atomic mass is 10.2. The van der Waals surface area contributed by atoms with Crippen LogP contribution in [0.15, 0.2) is 40.9 Å². The first-order valence-electron chi connectivity index (χ1n) is 6.10. The smallest absolute Gasteiger partial charge is 0.147 e. The van der Waals surface area contributed by atoms with Crippen LogP contribution >= 0.6 is 27.5 Å². The van der Waals surface area contributed by atoms with Gasteiger partial charge >= 0.3 is 0 Å². The van der Waals surface area contributed by atoms with Gasteiger partial charge in [-0.05, 0) is 36.8 Å². The molecular weight excluding hydrogens is 343 g/mol. The van der Waals surface area contributed by atoms with Gasteiger partial charge in [0.25, 0.3) is 0 Å². The Kier molecular flexibility index (Phi) is 3.52. The molecule has 102 valence electrons. The highest BCUT2D eigenvalue weighted by Gasteiger charge is 2.16. The van der Waals surface area contributed by atoms with Crippen molar-refractivity contribution < 1.29 is 4.39 Å². The number of hydrogen-bond donors (Lipinski definition) is 0. The van der Waals surface area contributed by atoms with Crippen molar-refractivity contribution in [2.24, 2.45) is 0 Å². The summed E-state index contributed by atoms with van der Waals surface area (Å²) in [4.78, 5) is 4.48. The molecule has 0 aliphatic rings. The van der Waals surface area contributed by atoms with Crippen LogP contribution in [0.25, 0.3) is 16.7 Å². The Hall–Kier alpha value is -1.39. The molecule has 0 aliphatic heterocycles. The molecule has 0 bridgehead atoms. The van der Waals surface area contributed by atoms with Crippen LogP contribution in [0, 0.1) is 12.7 Å². The van der Waals surface area contributed by atoms with Gasteiger partial charge < -0.3 is 0 Å². The molecule has 0 amide bonds. The molecule has 0 atom stereocenters. The number of nitrogens with zero attached hydrogens (tertiary/aromatic N) is 2. The fourth-order valence-corrected chi connectivity index (χ4v) is 2.88. The van der Waals surface area contributed by atoms with Crippen LogP contribution in [0.5, 0.6) is 0 Å². The van der Waals surface area contributed by atoms with Gasteiger partial charge in [-0.25, -0.2) is 9.37 Å². The molecule has 0 saturated carbocycles. The summed E-state index contributed by atoms with van der Waals surface area (Å²) in [6.07, 6.45) is 0. The summed E-state index contributed by atoms with van der Waals surface area (Å²) in [5.74, 6) is 0.576. The van der Waals surface area contributed by atoms with Gasteiger partial charge in [-0.15, -0.1) is 11.6 Å². The normalized spacial score (nSPS) is 11.2. The van der Waals surface area contributed by atoms with Crippen LogP contribution < -0.4 is 0 Å². The number of alkyl halides is 1. The largest absolute Gasteiger partial charge is 0.292 e. The van der Waals surface area contributed by atoms with E-state index in [0.717, 1.165) is 21.1 Å². The molecule has 2 nitrogen and oxygen atoms in total. The standard InChI is InChI=1S/C15H11BrClFN2/c1-9-3-2-4-11(18)15(9)20-13-6-5-10(16)7-12(13)19-14(20)8-17/h2-7H,8H2,1H3. The van der Waals surface area contributed by atoms with E-state index in [1.807, 2.05) is 31.2 Å². The van der Waals surface area contributed by atoms with Gasteiger partial charge in [-0.2, -0.15) is 0 Å². The second-order valence-corrected chi connectivity index (χ2v) is 5.72. The molecule has 0 spiro atoms. The maximum absolute atomic E-state index is 14.2. The Morgan fingerprint density at radius 3 is 2.80 bits per heavy atom. The fourth-order valence-electron chi connectivity index (χ4n) is 2.35. The molecule has 1 heterocycles. The van der Waals surface area contributed by atoms with Crippen molar-refractivity contribution in [1.82, 2.24) is 9.55 Å². The topological polar surface area (TPSA) is 17.8 Å². The Labute approximate surface area is 129 Å². The quantitative estimate of drug-likeness (QED) is 0.594. The predicted octanol–water partition coefficient (Wildman–Crippen LogP) is 4.97. The lowest BCUT2D eigenvalue weighted by molar-refractivity contribution is 0.616. The van der Waals surface area contributed by atoms with Gasteiger partial charge in [0.15, 0.2) is 0 Å². The summed E-state index contributed by atoms with van der Waals surface area (Å²) >= 11 is 9.40. The molecule has 0 N–H and O–H groups in total. The Morgan fingerprint density at radius 2 is 2.10 bits per heavy atom. The minimum absolute atomic E-state index is 0.222. The lowest BCUT2D eigenvalue weighted by Gasteiger charge is -2.12. The molecule has 0 radical (unpaired) electrons. The van der Waals surface area contributed by atoms with E-state index in [4.69, 9.17) is 11.6 Å². The molecule has 3 rings (SSSR count). The number of imidazole rings is 1. The van der Waals surface area contributed by atoms with Crippen LogP contribution in [-0.4, -0.2) is 9.55 Å². The molecule has 0 fully saturated rings. The molecule has 20 heavy (non-hydrogen) atoms. The van der Waals surface area contributed by atoms with E-state index in [2.05, 4.69) is 20.9 Å². The van der Waals surface area contributed by atoms with E-state index >= 15 is 0 Å². The fraction of sp³-hybridized carbons (Fsp3) is 0.133. The summed E-state index contributed by atoms with van der Waals surface area (Å²) in [5, 5.41) is 0. The number of rotatable bonds is 2. The Balaban J connectivity index is 2.40. The molecule has 3 aromatic rings. The number of halogens is 3. The van der Waals surface area contributed by atoms with Crippen molar-refractivity contribution in [3.05, 3.63) is 58.1 Å². The maximum atomic E-state index is 14.2. The second-order valence-electron chi connectivity index (χ2n) is 4.54. The minimum atomic E-state index is -0.279. The molecule has 1 aromatic heterocycles. The minimum Gasteiger partial charge on any atom is -0.292 e. The summed E-state index contributed by atoms with van der Waals surface area (Å²) in [6, 6.07) is 10.7. The summed E-state index contributed by atoms with van der Waals surface area (Å²) in [7, 11) is 0. The zero-order valence-corrected chi connectivity index (χ0v) is 13.0. The lowest BCUT2D eigenvalue weighted by Crippen LogP contribution is -2.04. The highest BCUT2D eigenvalue weighted by Crippen LogP contribution is 2.28. The molecular formula is C15H11BrClFN2. The zero-order chi connectivity index (χ0) is 14.3. The van der Waals surface area contributed by atoms with Gasteiger partial charge in [0, 0.05) is 4.47 Å². The van der Waals surface area contributed by atoms with Crippen molar-refractivity contribution in [3.63, 3.8) is 0 Å². The van der Waals surface area contributed by atoms with E-state index < -0.39 is 0 Å². The van der Waals surface area contributed by atoms with Gasteiger partial charge in [-0.3, -0.25) is 4.57 Å². The number of para-hydroxylation sites is 1. The maximum Gasteiger partial charge on any atom is 0.147 e. The number of hydrogen-bond acceptors (Lipinski definition) is 1. The molecule has 0 unspecified atom stereocenters. The van der Waals surface area contributed by atoms with Crippen LogP contribution in [0.1, 0.15) is 11.4 Å². The van der Waals surface area contributed by atoms with Crippen LogP contribution in [0.3, 0.4) is 0 Å². The first kappa shape index (κ1) is 13.6. The average Bonchev–Trinajstić information content (AvgIpc) is 2.76. The molecule has 0 aliphatic carbocycles. The predicted molar refractivity (Wildman–Crippen MR) is 83.0 cm³/mol. The average molecular weight is 354 g/mol. The van der Waals surface area contributed by atoms with Crippen LogP contribution in [0.2, 0.25) is 0 Å². The Morgan fingerprint density at radius 1 is 1.30 bits per heavy atom. The third kappa shape index (κ3) is 2.13. The zero-order valence-electron chi connectivity index (χ0n) is 10.7. The second kappa shape index (κ2) is 5.19. The van der Waals surface area contributed by atoms with Crippen LogP contribution in [0.4, 0.5) is 4.39 Å². The van der Waals surface area contributed by atoms with Gasteiger partial charge in [-0.1, -0.05) is 28.1 Å². The van der Waals surface area contributed by atoms with E-state index in [1.54, 1.807) is 10.6 Å². The van der Waals surface area contributed by atoms with Crippen molar-refractivity contribution in [2.75, 3.05) is 0 Å². The molecule has 2 aromatic carbocycles. The first-order chi connectivity index (χ1) is 9.61. The number of aryl methyl sites for hydroxylation is 1. The van der Waals surface area contributed by atoms with E-state index in [0.29, 0.717) is 11.5 Å². The van der Waals surface area contributed by atoms with Crippen molar-refractivity contribution in [1.29, 1.82) is 0 Å². The highest BCUT2D eigenvalue weighted by atomic mass is 79.9. The molecule has 5 heteroatoms. The summed E-state index contributed by atoms with van der Waals surface area (Å²) in [6.45, 7) is 1.88. The van der Waals surface area contributed by atoms with Gasteiger partial charge in [0.1, 0.15) is 11.6 Å². The first-order valence-corrected chi connectivity index (χ1v) is 7.43. The van der Waals surface area contributed by atoms with Gasteiger partial charge in [0.2, 0.25) is 0 Å². The third-order valence-electron chi connectivity index (χ3n) is 3.22. The van der Waals surface area contributed by atoms with Crippen molar-refractivity contribution >= 4 is 38.6 Å². The Bertz CT molecular complexity index is 778. The van der Waals surface area contributed by atoms with E-state index in [1.165, 1.54) is 6.07 Å². The van der Waals surface area contributed by atoms with Gasteiger partial charge in [0.05, 0.1) is 22.6 Å². The van der Waals surface area contributed by atoms with Crippen molar-refractivity contribution in [2.45, 2.75) is 12.8 Å². The van der Waals surface area contributed by atoms with Crippen LogP contribution in [-0.2, 0) is 5.88 Å². The number of fused-ring (bicyclic) bond motifs is 1. The highest BCUT2D eigenvalue weighted by molar-refractivity contribution is 9.10. The van der Waals surface area contributed by atoms with Crippen molar-refractivity contribution in [3.8, 4) is 5.69 Å². The number of aromatic nitrogens is 2. The molecule has 0 saturated heterocycles. The monoisotopic (exact) mass is 352 g/mol.